The van der Waals surface area contributed by atoms with E-state index in [0.717, 1.165) is 0 Å². The SMILES string of the molecule is O=COC(C(=O)Oc1ccc(Cl)cc1)c1ccccc1. The molecule has 1 unspecified atom stereocenters. The number of ether oxygens (including phenoxy) is 2. The van der Waals surface area contributed by atoms with Crippen LogP contribution >= 0.6 is 11.6 Å². The first kappa shape index (κ1) is 14.1. The second kappa shape index (κ2) is 6.73. The topological polar surface area (TPSA) is 52.6 Å². The predicted molar refractivity (Wildman–Crippen MR) is 73.4 cm³/mol. The van der Waals surface area contributed by atoms with Gasteiger partial charge in [-0.2, -0.15) is 0 Å². The third-order valence-electron chi connectivity index (χ3n) is 2.54. The van der Waals surface area contributed by atoms with E-state index in [1.54, 1.807) is 54.6 Å². The Kier molecular flexibility index (Phi) is 4.74. The molecule has 0 radical (unpaired) electrons. The van der Waals surface area contributed by atoms with Gasteiger partial charge in [0.05, 0.1) is 0 Å². The van der Waals surface area contributed by atoms with Gasteiger partial charge in [0, 0.05) is 10.6 Å². The number of halogens is 1. The molecule has 5 heteroatoms. The van der Waals surface area contributed by atoms with Crippen molar-refractivity contribution < 1.29 is 19.1 Å². The molecule has 0 saturated heterocycles. The van der Waals surface area contributed by atoms with E-state index in [1.807, 2.05) is 0 Å². The summed E-state index contributed by atoms with van der Waals surface area (Å²) >= 11 is 5.74. The zero-order valence-corrected chi connectivity index (χ0v) is 11.1. The van der Waals surface area contributed by atoms with Crippen molar-refractivity contribution in [3.8, 4) is 5.75 Å². The molecule has 0 amide bonds. The van der Waals surface area contributed by atoms with Crippen molar-refractivity contribution in [3.05, 3.63) is 65.2 Å². The van der Waals surface area contributed by atoms with Gasteiger partial charge in [-0.05, 0) is 24.3 Å². The highest BCUT2D eigenvalue weighted by atomic mass is 35.5. The third-order valence-corrected chi connectivity index (χ3v) is 2.79. The Labute approximate surface area is 120 Å². The first-order valence-electron chi connectivity index (χ1n) is 5.82. The number of carbonyl (C=O) groups excluding carboxylic acids is 2. The molecule has 0 spiro atoms. The molecule has 20 heavy (non-hydrogen) atoms. The monoisotopic (exact) mass is 290 g/mol. The molecule has 0 aliphatic rings. The quantitative estimate of drug-likeness (QED) is 0.482. The maximum atomic E-state index is 12.0. The van der Waals surface area contributed by atoms with E-state index in [0.29, 0.717) is 16.3 Å². The molecule has 0 N–H and O–H groups in total. The normalized spacial score (nSPS) is 11.4. The summed E-state index contributed by atoms with van der Waals surface area (Å²) in [7, 11) is 0. The third kappa shape index (κ3) is 3.59. The van der Waals surface area contributed by atoms with Crippen molar-refractivity contribution in [2.75, 3.05) is 0 Å². The van der Waals surface area contributed by atoms with Gasteiger partial charge in [0.1, 0.15) is 5.75 Å². The number of esters is 1. The summed E-state index contributed by atoms with van der Waals surface area (Å²) in [6.07, 6.45) is -1.09. The smallest absolute Gasteiger partial charge is 0.357 e. The fourth-order valence-corrected chi connectivity index (χ4v) is 1.75. The van der Waals surface area contributed by atoms with E-state index in [9.17, 15) is 9.59 Å². The van der Waals surface area contributed by atoms with Crippen LogP contribution < -0.4 is 4.74 Å². The van der Waals surface area contributed by atoms with Crippen molar-refractivity contribution in [1.29, 1.82) is 0 Å². The van der Waals surface area contributed by atoms with Gasteiger partial charge in [-0.1, -0.05) is 41.9 Å². The van der Waals surface area contributed by atoms with E-state index >= 15 is 0 Å². The van der Waals surface area contributed by atoms with Crippen LogP contribution in [-0.2, 0) is 14.3 Å². The van der Waals surface area contributed by atoms with Gasteiger partial charge < -0.3 is 9.47 Å². The Morgan fingerprint density at radius 2 is 1.70 bits per heavy atom. The van der Waals surface area contributed by atoms with Crippen molar-refractivity contribution in [1.82, 2.24) is 0 Å². The molecular formula is C15H11ClO4. The van der Waals surface area contributed by atoms with Crippen LogP contribution in [0.1, 0.15) is 11.7 Å². The minimum atomic E-state index is -1.09. The van der Waals surface area contributed by atoms with Crippen LogP contribution in [0.4, 0.5) is 0 Å². The fourth-order valence-electron chi connectivity index (χ4n) is 1.63. The molecule has 0 bridgehead atoms. The van der Waals surface area contributed by atoms with Gasteiger partial charge in [-0.3, -0.25) is 4.79 Å². The van der Waals surface area contributed by atoms with E-state index in [1.165, 1.54) is 0 Å². The Balaban J connectivity index is 2.15. The molecule has 0 aliphatic heterocycles. The summed E-state index contributed by atoms with van der Waals surface area (Å²) in [5, 5.41) is 0.536. The molecule has 0 aromatic heterocycles. The highest BCUT2D eigenvalue weighted by Gasteiger charge is 2.24. The van der Waals surface area contributed by atoms with Gasteiger partial charge in [0.2, 0.25) is 6.10 Å². The average Bonchev–Trinajstić information content (AvgIpc) is 2.48. The Morgan fingerprint density at radius 1 is 1.05 bits per heavy atom. The second-order valence-corrected chi connectivity index (χ2v) is 4.33. The van der Waals surface area contributed by atoms with Crippen LogP contribution in [0.15, 0.2) is 54.6 Å². The Hall–Kier alpha value is -2.33. The van der Waals surface area contributed by atoms with Gasteiger partial charge in [-0.15, -0.1) is 0 Å². The fraction of sp³-hybridized carbons (Fsp3) is 0.0667. The van der Waals surface area contributed by atoms with Crippen molar-refractivity contribution in [2.45, 2.75) is 6.10 Å². The molecule has 0 aliphatic carbocycles. The van der Waals surface area contributed by atoms with E-state index in [2.05, 4.69) is 0 Å². The van der Waals surface area contributed by atoms with Crippen LogP contribution in [0.3, 0.4) is 0 Å². The van der Waals surface area contributed by atoms with Crippen LogP contribution in [0.25, 0.3) is 0 Å². The summed E-state index contributed by atoms with van der Waals surface area (Å²) in [4.78, 5) is 22.6. The van der Waals surface area contributed by atoms with Gasteiger partial charge in [-0.25, -0.2) is 4.79 Å². The Bertz CT molecular complexity index is 581. The molecule has 4 nitrogen and oxygen atoms in total. The molecule has 102 valence electrons. The lowest BCUT2D eigenvalue weighted by Crippen LogP contribution is -2.21. The van der Waals surface area contributed by atoms with Crippen LogP contribution in [0.5, 0.6) is 5.75 Å². The first-order valence-corrected chi connectivity index (χ1v) is 6.20. The maximum absolute atomic E-state index is 12.0. The number of rotatable bonds is 5. The minimum absolute atomic E-state index is 0.223. The molecule has 2 aromatic rings. The summed E-state index contributed by atoms with van der Waals surface area (Å²) in [6, 6.07) is 15.0. The largest absolute Gasteiger partial charge is 0.448 e. The number of hydrogen-bond acceptors (Lipinski definition) is 4. The zero-order valence-electron chi connectivity index (χ0n) is 10.4. The highest BCUT2D eigenvalue weighted by molar-refractivity contribution is 6.30. The summed E-state index contributed by atoms with van der Waals surface area (Å²) in [5.74, 6) is -0.347. The highest BCUT2D eigenvalue weighted by Crippen LogP contribution is 2.21. The van der Waals surface area contributed by atoms with Crippen LogP contribution in [0.2, 0.25) is 5.02 Å². The van der Waals surface area contributed by atoms with Gasteiger partial charge >= 0.3 is 5.97 Å². The van der Waals surface area contributed by atoms with Crippen molar-refractivity contribution in [2.24, 2.45) is 0 Å². The molecular weight excluding hydrogens is 280 g/mol. The average molecular weight is 291 g/mol. The summed E-state index contributed by atoms with van der Waals surface area (Å²) in [6.45, 7) is 0.223. The van der Waals surface area contributed by atoms with E-state index in [-0.39, 0.29) is 6.47 Å². The molecule has 0 saturated carbocycles. The minimum Gasteiger partial charge on any atom is -0.448 e. The molecule has 2 rings (SSSR count). The lowest BCUT2D eigenvalue weighted by molar-refractivity contribution is -0.154. The van der Waals surface area contributed by atoms with Crippen molar-refractivity contribution in [3.63, 3.8) is 0 Å². The maximum Gasteiger partial charge on any atom is 0.357 e. The lowest BCUT2D eigenvalue weighted by Gasteiger charge is -2.14. The summed E-state index contributed by atoms with van der Waals surface area (Å²) < 4.78 is 9.96. The molecule has 2 aromatic carbocycles. The standard InChI is InChI=1S/C15H11ClO4/c16-12-6-8-13(9-7-12)20-15(18)14(19-10-17)11-4-2-1-3-5-11/h1-10,14H. The van der Waals surface area contributed by atoms with Gasteiger partial charge in [0.25, 0.3) is 6.47 Å². The summed E-state index contributed by atoms with van der Waals surface area (Å²) in [5.41, 5.74) is 0.540. The molecule has 0 fully saturated rings. The predicted octanol–water partition coefficient (Wildman–Crippen LogP) is 3.16. The molecule has 0 heterocycles. The zero-order chi connectivity index (χ0) is 14.4. The Morgan fingerprint density at radius 3 is 2.30 bits per heavy atom. The second-order valence-electron chi connectivity index (χ2n) is 3.90. The van der Waals surface area contributed by atoms with E-state index in [4.69, 9.17) is 21.1 Å². The van der Waals surface area contributed by atoms with Crippen LogP contribution in [0, 0.1) is 0 Å². The van der Waals surface area contributed by atoms with Crippen molar-refractivity contribution >= 4 is 24.0 Å². The van der Waals surface area contributed by atoms with Gasteiger partial charge in [0.15, 0.2) is 0 Å². The van der Waals surface area contributed by atoms with E-state index < -0.39 is 12.1 Å². The first-order chi connectivity index (χ1) is 9.70. The number of carbonyl (C=O) groups is 2. The lowest BCUT2D eigenvalue weighted by atomic mass is 10.1. The number of benzene rings is 2. The number of hydrogen-bond donors (Lipinski definition) is 0. The molecule has 1 atom stereocenters. The van der Waals surface area contributed by atoms with Crippen LogP contribution in [-0.4, -0.2) is 12.4 Å².